The van der Waals surface area contributed by atoms with Crippen molar-refractivity contribution in [1.29, 1.82) is 0 Å². The van der Waals surface area contributed by atoms with E-state index in [2.05, 4.69) is 0 Å². The predicted octanol–water partition coefficient (Wildman–Crippen LogP) is 1.55. The number of rotatable bonds is 3. The van der Waals surface area contributed by atoms with E-state index in [1.807, 2.05) is 0 Å². The Morgan fingerprint density at radius 3 is 2.64 bits per heavy atom. The van der Waals surface area contributed by atoms with Crippen LogP contribution < -0.4 is 5.73 Å². The van der Waals surface area contributed by atoms with Gasteiger partial charge < -0.3 is 15.9 Å². The summed E-state index contributed by atoms with van der Waals surface area (Å²) in [7, 11) is 0. The van der Waals surface area contributed by atoms with E-state index in [9.17, 15) is 9.90 Å². The number of carboxylic acid groups (broad SMARTS) is 1. The molecular formula is C10H13NO3. The highest BCUT2D eigenvalue weighted by Crippen LogP contribution is 2.25. The minimum absolute atomic E-state index is 0.0306. The van der Waals surface area contributed by atoms with Gasteiger partial charge in [0.25, 0.3) is 0 Å². The molecule has 0 spiro atoms. The van der Waals surface area contributed by atoms with Crippen molar-refractivity contribution in [2.24, 2.45) is 0 Å². The number of phenols is 1. The third-order valence-corrected chi connectivity index (χ3v) is 2.01. The maximum atomic E-state index is 10.5. The molecule has 0 amide bonds. The first-order valence-corrected chi connectivity index (χ1v) is 4.30. The molecule has 0 aliphatic carbocycles. The molecule has 76 valence electrons. The molecule has 0 bridgehead atoms. The fraction of sp³-hybridized carbons (Fsp3) is 0.300. The average molecular weight is 195 g/mol. The van der Waals surface area contributed by atoms with Crippen LogP contribution in [0.1, 0.15) is 24.8 Å². The second-order valence-electron chi connectivity index (χ2n) is 3.36. The Hall–Kier alpha value is -1.71. The molecule has 1 aromatic rings. The van der Waals surface area contributed by atoms with Gasteiger partial charge in [0.15, 0.2) is 0 Å². The first-order valence-electron chi connectivity index (χ1n) is 4.30. The molecule has 0 aromatic heterocycles. The Morgan fingerprint density at radius 1 is 1.50 bits per heavy atom. The molecule has 1 unspecified atom stereocenters. The summed E-state index contributed by atoms with van der Waals surface area (Å²) < 4.78 is 0. The van der Waals surface area contributed by atoms with Gasteiger partial charge in [0.05, 0.1) is 6.42 Å². The maximum absolute atomic E-state index is 10.5. The summed E-state index contributed by atoms with van der Waals surface area (Å²) in [5.41, 5.74) is 6.70. The van der Waals surface area contributed by atoms with Crippen molar-refractivity contribution in [3.05, 3.63) is 23.8 Å². The number of nitrogens with two attached hydrogens (primary N) is 1. The minimum atomic E-state index is -0.862. The van der Waals surface area contributed by atoms with E-state index in [0.717, 1.165) is 5.56 Å². The predicted molar refractivity (Wildman–Crippen MR) is 53.2 cm³/mol. The van der Waals surface area contributed by atoms with Gasteiger partial charge in [0.1, 0.15) is 5.75 Å². The first-order chi connectivity index (χ1) is 6.49. The summed E-state index contributed by atoms with van der Waals surface area (Å²) in [6.45, 7) is 1.78. The van der Waals surface area contributed by atoms with E-state index in [4.69, 9.17) is 10.8 Å². The number of hydrogen-bond acceptors (Lipinski definition) is 3. The number of aliphatic carboxylic acids is 1. The zero-order chi connectivity index (χ0) is 10.7. The lowest BCUT2D eigenvalue weighted by Gasteiger charge is -2.10. The van der Waals surface area contributed by atoms with Gasteiger partial charge in [-0.15, -0.1) is 0 Å². The van der Waals surface area contributed by atoms with Crippen molar-refractivity contribution in [2.45, 2.75) is 19.3 Å². The Balaban J connectivity index is 2.89. The zero-order valence-corrected chi connectivity index (χ0v) is 7.90. The van der Waals surface area contributed by atoms with Crippen LogP contribution >= 0.6 is 0 Å². The Bertz CT molecular complexity index is 329. The van der Waals surface area contributed by atoms with Gasteiger partial charge >= 0.3 is 5.97 Å². The zero-order valence-electron chi connectivity index (χ0n) is 7.90. The topological polar surface area (TPSA) is 83.5 Å². The van der Waals surface area contributed by atoms with Crippen LogP contribution in [0.3, 0.4) is 0 Å². The summed E-state index contributed by atoms with van der Waals surface area (Å²) in [5, 5.41) is 17.8. The SMILES string of the molecule is CC(CC(=O)O)c1cc(N)cc(O)c1. The lowest BCUT2D eigenvalue weighted by Crippen LogP contribution is -2.03. The van der Waals surface area contributed by atoms with E-state index in [0.29, 0.717) is 5.69 Å². The summed E-state index contributed by atoms with van der Waals surface area (Å²) in [6, 6.07) is 4.63. The molecule has 0 aliphatic heterocycles. The van der Waals surface area contributed by atoms with Gasteiger partial charge in [-0.1, -0.05) is 6.92 Å². The largest absolute Gasteiger partial charge is 0.508 e. The van der Waals surface area contributed by atoms with Gasteiger partial charge in [0, 0.05) is 11.8 Å². The highest BCUT2D eigenvalue weighted by Gasteiger charge is 2.11. The molecule has 1 rings (SSSR count). The summed E-state index contributed by atoms with van der Waals surface area (Å²) in [4.78, 5) is 10.5. The molecule has 1 aromatic carbocycles. The Morgan fingerprint density at radius 2 is 2.14 bits per heavy atom. The molecule has 4 nitrogen and oxygen atoms in total. The van der Waals surface area contributed by atoms with Crippen molar-refractivity contribution in [3.8, 4) is 5.75 Å². The molecule has 0 aliphatic rings. The van der Waals surface area contributed by atoms with Gasteiger partial charge in [0.2, 0.25) is 0 Å². The Kier molecular flexibility index (Phi) is 2.96. The van der Waals surface area contributed by atoms with Crippen LogP contribution in [-0.2, 0) is 4.79 Å². The van der Waals surface area contributed by atoms with Crippen LogP contribution in [0.15, 0.2) is 18.2 Å². The van der Waals surface area contributed by atoms with Gasteiger partial charge in [-0.3, -0.25) is 4.79 Å². The third kappa shape index (κ3) is 2.65. The van der Waals surface area contributed by atoms with Crippen molar-refractivity contribution < 1.29 is 15.0 Å². The standard InChI is InChI=1S/C10H13NO3/c1-6(2-10(13)14)7-3-8(11)5-9(12)4-7/h3-6,12H,2,11H2,1H3,(H,13,14). The van der Waals surface area contributed by atoms with Crippen molar-refractivity contribution in [3.63, 3.8) is 0 Å². The van der Waals surface area contributed by atoms with E-state index in [-0.39, 0.29) is 18.1 Å². The lowest BCUT2D eigenvalue weighted by molar-refractivity contribution is -0.137. The van der Waals surface area contributed by atoms with Gasteiger partial charge in [-0.2, -0.15) is 0 Å². The third-order valence-electron chi connectivity index (χ3n) is 2.01. The molecule has 1 atom stereocenters. The number of hydrogen-bond donors (Lipinski definition) is 3. The normalized spacial score (nSPS) is 12.4. The summed E-state index contributed by atoms with van der Waals surface area (Å²) in [6.07, 6.45) is 0.0306. The monoisotopic (exact) mass is 195 g/mol. The van der Waals surface area contributed by atoms with Crippen LogP contribution in [-0.4, -0.2) is 16.2 Å². The first kappa shape index (κ1) is 10.4. The number of phenolic OH excluding ortho intramolecular Hbond substituents is 1. The number of aromatic hydroxyl groups is 1. The molecule has 0 fully saturated rings. The maximum Gasteiger partial charge on any atom is 0.303 e. The van der Waals surface area contributed by atoms with Crippen molar-refractivity contribution in [2.75, 3.05) is 5.73 Å². The highest BCUT2D eigenvalue weighted by atomic mass is 16.4. The number of carbonyl (C=O) groups is 1. The molecule has 4 heteroatoms. The average Bonchev–Trinajstić information content (AvgIpc) is 2.00. The van der Waals surface area contributed by atoms with Crippen molar-refractivity contribution >= 4 is 11.7 Å². The molecule has 0 saturated carbocycles. The van der Waals surface area contributed by atoms with E-state index in [1.165, 1.54) is 12.1 Å². The second-order valence-corrected chi connectivity index (χ2v) is 3.36. The molecule has 0 radical (unpaired) electrons. The molecule has 0 heterocycles. The van der Waals surface area contributed by atoms with Crippen molar-refractivity contribution in [1.82, 2.24) is 0 Å². The van der Waals surface area contributed by atoms with E-state index < -0.39 is 5.97 Å². The lowest BCUT2D eigenvalue weighted by atomic mass is 9.97. The minimum Gasteiger partial charge on any atom is -0.508 e. The number of nitrogen functional groups attached to an aromatic ring is 1. The quantitative estimate of drug-likeness (QED) is 0.639. The van der Waals surface area contributed by atoms with E-state index in [1.54, 1.807) is 13.0 Å². The fourth-order valence-electron chi connectivity index (χ4n) is 1.32. The highest BCUT2D eigenvalue weighted by molar-refractivity contribution is 5.68. The smallest absolute Gasteiger partial charge is 0.303 e. The van der Waals surface area contributed by atoms with Crippen LogP contribution in [0.25, 0.3) is 0 Å². The molecular weight excluding hydrogens is 182 g/mol. The number of anilines is 1. The van der Waals surface area contributed by atoms with Crippen LogP contribution in [0.2, 0.25) is 0 Å². The van der Waals surface area contributed by atoms with E-state index >= 15 is 0 Å². The molecule has 4 N–H and O–H groups in total. The summed E-state index contributed by atoms with van der Waals surface area (Å²) >= 11 is 0. The fourth-order valence-corrected chi connectivity index (χ4v) is 1.32. The molecule has 14 heavy (non-hydrogen) atoms. The van der Waals surface area contributed by atoms with Crippen LogP contribution in [0, 0.1) is 0 Å². The molecule has 0 saturated heterocycles. The second kappa shape index (κ2) is 4.00. The summed E-state index contributed by atoms with van der Waals surface area (Å²) in [5.74, 6) is -0.946. The number of carboxylic acids is 1. The van der Waals surface area contributed by atoms with Gasteiger partial charge in [-0.25, -0.2) is 0 Å². The number of benzene rings is 1. The Labute approximate surface area is 82.0 Å². The van der Waals surface area contributed by atoms with Gasteiger partial charge in [-0.05, 0) is 23.6 Å². The van der Waals surface area contributed by atoms with Crippen LogP contribution in [0.4, 0.5) is 5.69 Å². The van der Waals surface area contributed by atoms with Crippen LogP contribution in [0.5, 0.6) is 5.75 Å².